The van der Waals surface area contributed by atoms with E-state index in [1.807, 2.05) is 24.3 Å². The summed E-state index contributed by atoms with van der Waals surface area (Å²) in [5.41, 5.74) is 0.754. The number of nitrogens with one attached hydrogen (secondary N) is 1. The summed E-state index contributed by atoms with van der Waals surface area (Å²) in [6, 6.07) is 9.32. The van der Waals surface area contributed by atoms with E-state index in [4.69, 9.17) is 0 Å². The predicted octanol–water partition coefficient (Wildman–Crippen LogP) is 2.72. The van der Waals surface area contributed by atoms with Gasteiger partial charge in [0.2, 0.25) is 11.7 Å². The molecule has 1 N–H and O–H groups in total. The molecule has 0 aliphatic carbocycles. The van der Waals surface area contributed by atoms with Crippen molar-refractivity contribution in [2.75, 3.05) is 5.32 Å². The molecule has 5 heteroatoms. The third-order valence-electron chi connectivity index (χ3n) is 2.47. The molecule has 1 aromatic heterocycles. The van der Waals surface area contributed by atoms with E-state index in [0.717, 1.165) is 10.5 Å². The molecule has 1 aliphatic heterocycles. The SMILES string of the molecule is O=C1/C(=C/Nc2ncccn2)Sc2ccccc21. The van der Waals surface area contributed by atoms with E-state index in [-0.39, 0.29) is 5.78 Å². The summed E-state index contributed by atoms with van der Waals surface area (Å²) < 4.78 is 0. The normalized spacial score (nSPS) is 15.8. The molecule has 0 radical (unpaired) electrons. The molecule has 4 nitrogen and oxygen atoms in total. The van der Waals surface area contributed by atoms with Crippen LogP contribution in [0.4, 0.5) is 5.95 Å². The summed E-state index contributed by atoms with van der Waals surface area (Å²) in [6.07, 6.45) is 4.95. The number of hydrogen-bond donors (Lipinski definition) is 1. The van der Waals surface area contributed by atoms with Gasteiger partial charge in [-0.3, -0.25) is 4.79 Å². The van der Waals surface area contributed by atoms with Gasteiger partial charge in [-0.1, -0.05) is 23.9 Å². The van der Waals surface area contributed by atoms with Crippen LogP contribution in [-0.2, 0) is 0 Å². The molecule has 1 aliphatic rings. The quantitative estimate of drug-likeness (QED) is 0.836. The van der Waals surface area contributed by atoms with Crippen LogP contribution in [0.15, 0.2) is 58.7 Å². The van der Waals surface area contributed by atoms with Crippen LogP contribution in [0.25, 0.3) is 0 Å². The second-order valence-electron chi connectivity index (χ2n) is 3.65. The van der Waals surface area contributed by atoms with Crippen molar-refractivity contribution < 1.29 is 4.79 Å². The number of ketones is 1. The lowest BCUT2D eigenvalue weighted by Gasteiger charge is -1.98. The number of hydrogen-bond acceptors (Lipinski definition) is 5. The first-order chi connectivity index (χ1) is 8.84. The van der Waals surface area contributed by atoms with Gasteiger partial charge >= 0.3 is 0 Å². The Morgan fingerprint density at radius 3 is 2.67 bits per heavy atom. The van der Waals surface area contributed by atoms with Gasteiger partial charge < -0.3 is 5.32 Å². The van der Waals surface area contributed by atoms with Gasteiger partial charge in [-0.05, 0) is 18.2 Å². The van der Waals surface area contributed by atoms with Crippen LogP contribution in [0.3, 0.4) is 0 Å². The van der Waals surface area contributed by atoms with Gasteiger partial charge in [0.25, 0.3) is 0 Å². The van der Waals surface area contributed by atoms with E-state index >= 15 is 0 Å². The van der Waals surface area contributed by atoms with Crippen molar-refractivity contribution in [1.82, 2.24) is 9.97 Å². The van der Waals surface area contributed by atoms with Crippen molar-refractivity contribution in [2.45, 2.75) is 4.90 Å². The Morgan fingerprint density at radius 2 is 1.89 bits per heavy atom. The molecular weight excluding hydrogens is 246 g/mol. The topological polar surface area (TPSA) is 54.9 Å². The lowest BCUT2D eigenvalue weighted by Crippen LogP contribution is -1.99. The number of aromatic nitrogens is 2. The molecule has 0 amide bonds. The zero-order chi connectivity index (χ0) is 12.4. The highest BCUT2D eigenvalue weighted by Gasteiger charge is 2.25. The number of allylic oxidation sites excluding steroid dienone is 1. The summed E-state index contributed by atoms with van der Waals surface area (Å²) in [6.45, 7) is 0. The van der Waals surface area contributed by atoms with Crippen LogP contribution in [0.1, 0.15) is 10.4 Å². The van der Waals surface area contributed by atoms with Crippen LogP contribution in [0.2, 0.25) is 0 Å². The first kappa shape index (κ1) is 11.0. The van der Waals surface area contributed by atoms with Gasteiger partial charge in [-0.15, -0.1) is 0 Å². The zero-order valence-electron chi connectivity index (χ0n) is 9.33. The molecule has 1 aromatic carbocycles. The molecule has 2 aromatic rings. The van der Waals surface area contributed by atoms with Crippen molar-refractivity contribution in [3.05, 3.63) is 59.4 Å². The lowest BCUT2D eigenvalue weighted by atomic mass is 10.1. The zero-order valence-corrected chi connectivity index (χ0v) is 10.1. The highest BCUT2D eigenvalue weighted by Crippen LogP contribution is 2.39. The molecule has 3 rings (SSSR count). The van der Waals surface area contributed by atoms with Crippen molar-refractivity contribution in [2.24, 2.45) is 0 Å². The maximum absolute atomic E-state index is 12.0. The minimum Gasteiger partial charge on any atom is -0.330 e. The number of carbonyl (C=O) groups excluding carboxylic acids is 1. The second-order valence-corrected chi connectivity index (χ2v) is 4.74. The monoisotopic (exact) mass is 255 g/mol. The van der Waals surface area contributed by atoms with Crippen molar-refractivity contribution in [3.8, 4) is 0 Å². The van der Waals surface area contributed by atoms with Crippen LogP contribution in [0.5, 0.6) is 0 Å². The Morgan fingerprint density at radius 1 is 1.11 bits per heavy atom. The fourth-order valence-corrected chi connectivity index (χ4v) is 2.61. The molecule has 0 spiro atoms. The van der Waals surface area contributed by atoms with Crippen molar-refractivity contribution in [3.63, 3.8) is 0 Å². The highest BCUT2D eigenvalue weighted by atomic mass is 32.2. The number of carbonyl (C=O) groups is 1. The Hall–Kier alpha value is -2.14. The van der Waals surface area contributed by atoms with Crippen LogP contribution < -0.4 is 5.32 Å². The predicted molar refractivity (Wildman–Crippen MR) is 70.4 cm³/mol. The maximum atomic E-state index is 12.0. The standard InChI is InChI=1S/C13H9N3OS/c17-12-9-4-1-2-5-10(9)18-11(12)8-16-13-14-6-3-7-15-13/h1-8H,(H,14,15,16)/b11-8-. The van der Waals surface area contributed by atoms with E-state index in [0.29, 0.717) is 10.9 Å². The van der Waals surface area contributed by atoms with Gasteiger partial charge in [0.15, 0.2) is 0 Å². The third kappa shape index (κ3) is 2.00. The highest BCUT2D eigenvalue weighted by molar-refractivity contribution is 8.04. The molecule has 2 heterocycles. The minimum atomic E-state index is 0.0408. The lowest BCUT2D eigenvalue weighted by molar-refractivity contribution is 0.104. The number of fused-ring (bicyclic) bond motifs is 1. The summed E-state index contributed by atoms with van der Waals surface area (Å²) >= 11 is 1.46. The van der Waals surface area contributed by atoms with Crippen molar-refractivity contribution >= 4 is 23.5 Å². The first-order valence-electron chi connectivity index (χ1n) is 5.40. The number of nitrogens with zero attached hydrogens (tertiary/aromatic N) is 2. The minimum absolute atomic E-state index is 0.0408. The van der Waals surface area contributed by atoms with Gasteiger partial charge in [0.1, 0.15) is 0 Å². The van der Waals surface area contributed by atoms with E-state index in [2.05, 4.69) is 15.3 Å². The molecule has 0 unspecified atom stereocenters. The number of rotatable bonds is 2. The van der Waals surface area contributed by atoms with Gasteiger partial charge in [-0.2, -0.15) is 0 Å². The van der Waals surface area contributed by atoms with Gasteiger partial charge in [0.05, 0.1) is 4.91 Å². The Balaban J connectivity index is 1.82. The summed E-state index contributed by atoms with van der Waals surface area (Å²) in [5.74, 6) is 0.522. The largest absolute Gasteiger partial charge is 0.330 e. The van der Waals surface area contributed by atoms with E-state index in [1.165, 1.54) is 11.8 Å². The van der Waals surface area contributed by atoms with E-state index in [1.54, 1.807) is 24.7 Å². The number of anilines is 1. The molecule has 18 heavy (non-hydrogen) atoms. The van der Waals surface area contributed by atoms with Crippen molar-refractivity contribution in [1.29, 1.82) is 0 Å². The summed E-state index contributed by atoms with van der Waals surface area (Å²) in [4.78, 5) is 21.7. The fourth-order valence-electron chi connectivity index (χ4n) is 1.64. The van der Waals surface area contributed by atoms with Gasteiger partial charge in [0, 0.05) is 29.1 Å². The van der Waals surface area contributed by atoms with Gasteiger partial charge in [-0.25, -0.2) is 9.97 Å². The van der Waals surface area contributed by atoms with E-state index < -0.39 is 0 Å². The van der Waals surface area contributed by atoms with Crippen LogP contribution >= 0.6 is 11.8 Å². The van der Waals surface area contributed by atoms with E-state index in [9.17, 15) is 4.79 Å². The molecular formula is C13H9N3OS. The Labute approximate surface area is 108 Å². The Bertz CT molecular complexity index is 625. The second kappa shape index (κ2) is 4.62. The number of thioether (sulfide) groups is 1. The molecule has 88 valence electrons. The maximum Gasteiger partial charge on any atom is 0.226 e. The smallest absolute Gasteiger partial charge is 0.226 e. The molecule has 0 atom stereocenters. The molecule has 0 saturated heterocycles. The summed E-state index contributed by atoms with van der Waals surface area (Å²) in [5, 5.41) is 2.93. The number of benzene rings is 1. The third-order valence-corrected chi connectivity index (χ3v) is 3.57. The van der Waals surface area contributed by atoms with Crippen LogP contribution in [0, 0.1) is 0 Å². The average molecular weight is 255 g/mol. The molecule has 0 saturated carbocycles. The first-order valence-corrected chi connectivity index (χ1v) is 6.21. The molecule has 0 bridgehead atoms. The molecule has 0 fully saturated rings. The average Bonchev–Trinajstić information content (AvgIpc) is 2.75. The number of Topliss-reactive ketones (excluding diaryl/α,β-unsaturated/α-hetero) is 1. The Kier molecular flexibility index (Phi) is 2.82. The van der Waals surface area contributed by atoms with Crippen LogP contribution in [-0.4, -0.2) is 15.8 Å². The summed E-state index contributed by atoms with van der Waals surface area (Å²) in [7, 11) is 0. The fraction of sp³-hybridized carbons (Fsp3) is 0.